The van der Waals surface area contributed by atoms with Gasteiger partial charge in [0.15, 0.2) is 0 Å². The molecule has 0 spiro atoms. The lowest BCUT2D eigenvalue weighted by Gasteiger charge is -2.22. The zero-order chi connectivity index (χ0) is 17.6. The molecule has 2 unspecified atom stereocenters. The van der Waals surface area contributed by atoms with Crippen LogP contribution in [0, 0.1) is 29.3 Å². The third kappa shape index (κ3) is 2.83. The largest absolute Gasteiger partial charge is 0.356 e. The highest BCUT2D eigenvalue weighted by atomic mass is 19.1. The van der Waals surface area contributed by atoms with Gasteiger partial charge in [0.05, 0.1) is 6.20 Å². The number of benzene rings is 1. The van der Waals surface area contributed by atoms with Crippen LogP contribution in [0.5, 0.6) is 0 Å². The van der Waals surface area contributed by atoms with Gasteiger partial charge in [-0.05, 0) is 24.3 Å². The van der Waals surface area contributed by atoms with Crippen molar-refractivity contribution < 1.29 is 18.0 Å². The van der Waals surface area contributed by atoms with E-state index in [0.29, 0.717) is 32.0 Å². The first kappa shape index (κ1) is 15.9. The minimum absolute atomic E-state index is 0.214. The lowest BCUT2D eigenvalue weighted by Crippen LogP contribution is -2.34. The molecule has 25 heavy (non-hydrogen) atoms. The summed E-state index contributed by atoms with van der Waals surface area (Å²) in [5, 5.41) is 0. The number of likely N-dealkylation sites (tertiary alicyclic amines) is 1. The summed E-state index contributed by atoms with van der Waals surface area (Å²) in [6, 6.07) is 6.43. The fourth-order valence-corrected chi connectivity index (χ4v) is 3.76. The Bertz CT molecular complexity index is 777. The summed E-state index contributed by atoms with van der Waals surface area (Å²) in [6.07, 6.45) is 1.18. The van der Waals surface area contributed by atoms with E-state index in [1.807, 2.05) is 0 Å². The summed E-state index contributed by atoms with van der Waals surface area (Å²) in [4.78, 5) is 20.1. The van der Waals surface area contributed by atoms with Gasteiger partial charge < -0.3 is 9.80 Å². The number of fused-ring (bicyclic) bond motifs is 1. The third-order valence-electron chi connectivity index (χ3n) is 4.99. The van der Waals surface area contributed by atoms with Gasteiger partial charge in [-0.1, -0.05) is 6.07 Å². The van der Waals surface area contributed by atoms with Crippen LogP contribution in [0.2, 0.25) is 0 Å². The topological polar surface area (TPSA) is 36.4 Å². The SMILES string of the molecule is O=C(c1c(F)cccc1F)N1CC2CN(c3ccc(F)cn3)CC2C1. The van der Waals surface area contributed by atoms with E-state index >= 15 is 0 Å². The lowest BCUT2D eigenvalue weighted by atomic mass is 10.0. The number of rotatable bonds is 2. The molecule has 4 rings (SSSR count). The van der Waals surface area contributed by atoms with Crippen LogP contribution in [0.15, 0.2) is 36.5 Å². The van der Waals surface area contributed by atoms with Crippen molar-refractivity contribution in [2.75, 3.05) is 31.1 Å². The first-order chi connectivity index (χ1) is 12.0. The maximum absolute atomic E-state index is 13.8. The van der Waals surface area contributed by atoms with E-state index in [9.17, 15) is 18.0 Å². The van der Waals surface area contributed by atoms with E-state index in [4.69, 9.17) is 0 Å². The summed E-state index contributed by atoms with van der Waals surface area (Å²) in [5.74, 6) is -1.52. The average molecular weight is 347 g/mol. The van der Waals surface area contributed by atoms with Crippen LogP contribution in [0.25, 0.3) is 0 Å². The summed E-state index contributed by atoms with van der Waals surface area (Å²) < 4.78 is 40.6. The van der Waals surface area contributed by atoms with Crippen molar-refractivity contribution in [3.8, 4) is 0 Å². The Morgan fingerprint density at radius 3 is 2.16 bits per heavy atom. The Kier molecular flexibility index (Phi) is 3.86. The minimum Gasteiger partial charge on any atom is -0.356 e. The molecular formula is C18H16F3N3O. The Balaban J connectivity index is 1.46. The van der Waals surface area contributed by atoms with Crippen LogP contribution in [0.4, 0.5) is 19.0 Å². The van der Waals surface area contributed by atoms with Gasteiger partial charge in [-0.25, -0.2) is 18.2 Å². The molecular weight excluding hydrogens is 331 g/mol. The number of amides is 1. The Labute approximate surface area is 142 Å². The van der Waals surface area contributed by atoms with Crippen LogP contribution in [-0.4, -0.2) is 42.0 Å². The number of aromatic nitrogens is 1. The minimum atomic E-state index is -0.834. The van der Waals surface area contributed by atoms with Crippen molar-refractivity contribution in [2.45, 2.75) is 0 Å². The fraction of sp³-hybridized carbons (Fsp3) is 0.333. The normalized spacial score (nSPS) is 22.4. The summed E-state index contributed by atoms with van der Waals surface area (Å²) in [7, 11) is 0. The number of anilines is 1. The van der Waals surface area contributed by atoms with Gasteiger partial charge in [-0.15, -0.1) is 0 Å². The first-order valence-corrected chi connectivity index (χ1v) is 8.12. The third-order valence-corrected chi connectivity index (χ3v) is 4.99. The fourth-order valence-electron chi connectivity index (χ4n) is 3.76. The highest BCUT2D eigenvalue weighted by Gasteiger charge is 2.42. The molecule has 1 aromatic carbocycles. The number of halogens is 3. The van der Waals surface area contributed by atoms with Gasteiger partial charge in [0.2, 0.25) is 0 Å². The molecule has 3 heterocycles. The molecule has 2 aromatic rings. The van der Waals surface area contributed by atoms with Crippen molar-refractivity contribution in [2.24, 2.45) is 11.8 Å². The van der Waals surface area contributed by atoms with Gasteiger partial charge in [-0.2, -0.15) is 0 Å². The van der Waals surface area contributed by atoms with E-state index < -0.39 is 23.1 Å². The highest BCUT2D eigenvalue weighted by molar-refractivity contribution is 5.95. The second-order valence-electron chi connectivity index (χ2n) is 6.57. The smallest absolute Gasteiger partial charge is 0.259 e. The van der Waals surface area contributed by atoms with E-state index in [-0.39, 0.29) is 17.7 Å². The van der Waals surface area contributed by atoms with Crippen molar-refractivity contribution in [3.05, 3.63) is 59.5 Å². The number of hydrogen-bond donors (Lipinski definition) is 0. The molecule has 1 aromatic heterocycles. The number of carbonyl (C=O) groups excluding carboxylic acids is 1. The second kappa shape index (κ2) is 6.06. The van der Waals surface area contributed by atoms with Crippen LogP contribution in [-0.2, 0) is 0 Å². The molecule has 4 nitrogen and oxygen atoms in total. The monoisotopic (exact) mass is 347 g/mol. The molecule has 2 atom stereocenters. The van der Waals surface area contributed by atoms with Crippen molar-refractivity contribution in [1.29, 1.82) is 0 Å². The molecule has 7 heteroatoms. The second-order valence-corrected chi connectivity index (χ2v) is 6.57. The Hall–Kier alpha value is -2.57. The number of nitrogens with zero attached hydrogens (tertiary/aromatic N) is 3. The summed E-state index contributed by atoms with van der Waals surface area (Å²) >= 11 is 0. The van der Waals surface area contributed by atoms with E-state index in [0.717, 1.165) is 12.1 Å². The number of pyridine rings is 1. The van der Waals surface area contributed by atoms with E-state index in [1.54, 1.807) is 6.07 Å². The Morgan fingerprint density at radius 1 is 0.960 bits per heavy atom. The standard InChI is InChI=1S/C18H16F3N3O/c19-13-4-5-16(22-6-13)23-7-11-9-24(10-12(11)8-23)18(25)17-14(20)2-1-3-15(17)21/h1-6,11-12H,7-10H2. The average Bonchev–Trinajstić information content (AvgIpc) is 3.14. The molecule has 0 N–H and O–H groups in total. The predicted molar refractivity (Wildman–Crippen MR) is 85.6 cm³/mol. The van der Waals surface area contributed by atoms with Crippen molar-refractivity contribution in [1.82, 2.24) is 9.88 Å². The zero-order valence-corrected chi connectivity index (χ0v) is 13.3. The van der Waals surface area contributed by atoms with Crippen molar-refractivity contribution >= 4 is 11.7 Å². The molecule has 2 aliphatic heterocycles. The van der Waals surface area contributed by atoms with Gasteiger partial charge in [0.1, 0.15) is 28.8 Å². The van der Waals surface area contributed by atoms with Crippen LogP contribution in [0.1, 0.15) is 10.4 Å². The van der Waals surface area contributed by atoms with Gasteiger partial charge >= 0.3 is 0 Å². The molecule has 130 valence electrons. The van der Waals surface area contributed by atoms with Gasteiger partial charge in [-0.3, -0.25) is 4.79 Å². The van der Waals surface area contributed by atoms with E-state index in [2.05, 4.69) is 9.88 Å². The number of hydrogen-bond acceptors (Lipinski definition) is 3. The quantitative estimate of drug-likeness (QED) is 0.838. The predicted octanol–water partition coefficient (Wildman–Crippen LogP) is 2.71. The van der Waals surface area contributed by atoms with Gasteiger partial charge in [0, 0.05) is 38.0 Å². The van der Waals surface area contributed by atoms with Crippen LogP contribution < -0.4 is 4.90 Å². The van der Waals surface area contributed by atoms with Crippen LogP contribution in [0.3, 0.4) is 0 Å². The van der Waals surface area contributed by atoms with E-state index in [1.165, 1.54) is 23.2 Å². The molecule has 2 fully saturated rings. The number of carbonyl (C=O) groups is 1. The van der Waals surface area contributed by atoms with Crippen LogP contribution >= 0.6 is 0 Å². The molecule has 0 radical (unpaired) electrons. The zero-order valence-electron chi connectivity index (χ0n) is 13.3. The Morgan fingerprint density at radius 2 is 1.60 bits per heavy atom. The summed E-state index contributed by atoms with van der Waals surface area (Å²) in [6.45, 7) is 2.28. The molecule has 0 bridgehead atoms. The van der Waals surface area contributed by atoms with Crippen molar-refractivity contribution in [3.63, 3.8) is 0 Å². The molecule has 2 saturated heterocycles. The maximum atomic E-state index is 13.8. The highest BCUT2D eigenvalue weighted by Crippen LogP contribution is 2.34. The molecule has 1 amide bonds. The first-order valence-electron chi connectivity index (χ1n) is 8.12. The molecule has 0 saturated carbocycles. The maximum Gasteiger partial charge on any atom is 0.259 e. The van der Waals surface area contributed by atoms with Gasteiger partial charge in [0.25, 0.3) is 5.91 Å². The summed E-state index contributed by atoms with van der Waals surface area (Å²) in [5.41, 5.74) is -0.487. The molecule has 0 aliphatic carbocycles. The molecule has 2 aliphatic rings. The lowest BCUT2D eigenvalue weighted by molar-refractivity contribution is 0.0773.